The van der Waals surface area contributed by atoms with Gasteiger partial charge in [-0.3, -0.25) is 9.88 Å². The van der Waals surface area contributed by atoms with Crippen molar-refractivity contribution >= 4 is 27.6 Å². The highest BCUT2D eigenvalue weighted by Gasteiger charge is 2.26. The van der Waals surface area contributed by atoms with E-state index in [-0.39, 0.29) is 6.10 Å². The Hall–Kier alpha value is -3.38. The largest absolute Gasteiger partial charge is 0.486 e. The first-order valence-corrected chi connectivity index (χ1v) is 12.2. The average Bonchev–Trinajstić information content (AvgIpc) is 3.09. The third-order valence-electron chi connectivity index (χ3n) is 6.92. The number of ether oxygens (including phenoxy) is 2. The van der Waals surface area contributed by atoms with E-state index in [1.54, 1.807) is 0 Å². The second kappa shape index (κ2) is 8.76. The number of hydrogen-bond donors (Lipinski definition) is 0. The number of fused-ring (bicyclic) bond motifs is 4. The molecular weight excluding hydrogens is 424 g/mol. The van der Waals surface area contributed by atoms with Crippen LogP contribution in [0.3, 0.4) is 0 Å². The maximum atomic E-state index is 6.47. The Morgan fingerprint density at radius 2 is 1.76 bits per heavy atom. The molecule has 0 unspecified atom stereocenters. The minimum atomic E-state index is 0.00647. The normalized spacial score (nSPS) is 18.9. The van der Waals surface area contributed by atoms with Gasteiger partial charge in [0.05, 0.1) is 11.0 Å². The Balaban J connectivity index is 1.15. The molecule has 0 radical (unpaired) electrons. The first kappa shape index (κ1) is 21.2. The molecule has 0 bridgehead atoms. The number of pyridine rings is 2. The van der Waals surface area contributed by atoms with E-state index in [1.165, 1.54) is 10.9 Å². The minimum Gasteiger partial charge on any atom is -0.486 e. The Kier molecular flexibility index (Phi) is 5.46. The molecule has 0 N–H and O–H groups in total. The van der Waals surface area contributed by atoms with Gasteiger partial charge in [0.2, 0.25) is 0 Å². The summed E-state index contributed by atoms with van der Waals surface area (Å²) in [6, 6.07) is 18.7. The fraction of sp³-hybridized carbons (Fsp3) is 0.357. The highest BCUT2D eigenvalue weighted by Crippen LogP contribution is 2.38. The van der Waals surface area contributed by atoms with E-state index in [0.717, 1.165) is 78.6 Å². The second-order valence-corrected chi connectivity index (χ2v) is 9.42. The van der Waals surface area contributed by atoms with E-state index in [2.05, 4.69) is 58.1 Å². The number of rotatable bonds is 3. The number of para-hydroxylation sites is 1. The van der Waals surface area contributed by atoms with Crippen LogP contribution < -0.4 is 14.4 Å². The Labute approximate surface area is 200 Å². The fourth-order valence-electron chi connectivity index (χ4n) is 5.13. The van der Waals surface area contributed by atoms with Gasteiger partial charge in [-0.25, -0.2) is 4.98 Å². The Morgan fingerprint density at radius 3 is 2.71 bits per heavy atom. The predicted molar refractivity (Wildman–Crippen MR) is 136 cm³/mol. The number of benzene rings is 2. The number of anilines is 1. The van der Waals surface area contributed by atoms with Gasteiger partial charge in [0.25, 0.3) is 0 Å². The van der Waals surface area contributed by atoms with Crippen molar-refractivity contribution in [3.63, 3.8) is 0 Å². The minimum absolute atomic E-state index is 0.00647. The zero-order chi connectivity index (χ0) is 23.1. The molecule has 34 heavy (non-hydrogen) atoms. The van der Waals surface area contributed by atoms with E-state index >= 15 is 0 Å². The Morgan fingerprint density at radius 1 is 0.882 bits per heavy atom. The molecule has 174 valence electrons. The van der Waals surface area contributed by atoms with E-state index < -0.39 is 0 Å². The fourth-order valence-corrected chi connectivity index (χ4v) is 5.13. The summed E-state index contributed by atoms with van der Waals surface area (Å²) in [4.78, 5) is 14.5. The number of hydrogen-bond acceptors (Lipinski definition) is 6. The van der Waals surface area contributed by atoms with Gasteiger partial charge in [0.15, 0.2) is 11.5 Å². The summed E-state index contributed by atoms with van der Waals surface area (Å²) >= 11 is 0. The number of aromatic nitrogens is 2. The molecule has 1 saturated heterocycles. The van der Waals surface area contributed by atoms with Crippen LogP contribution in [0, 0.1) is 13.8 Å². The molecule has 0 amide bonds. The molecule has 0 saturated carbocycles. The first-order valence-electron chi connectivity index (χ1n) is 12.2. The maximum absolute atomic E-state index is 6.47. The van der Waals surface area contributed by atoms with Crippen molar-refractivity contribution in [3.05, 3.63) is 65.9 Å². The lowest BCUT2D eigenvalue weighted by Crippen LogP contribution is -2.42. The van der Waals surface area contributed by atoms with Crippen LogP contribution in [0.4, 0.5) is 5.82 Å². The van der Waals surface area contributed by atoms with E-state index in [9.17, 15) is 0 Å². The topological polar surface area (TPSA) is 50.7 Å². The van der Waals surface area contributed by atoms with Gasteiger partial charge in [0.1, 0.15) is 18.5 Å². The molecule has 1 atom stereocenters. The first-order chi connectivity index (χ1) is 16.6. The van der Waals surface area contributed by atoms with Gasteiger partial charge < -0.3 is 14.4 Å². The van der Waals surface area contributed by atoms with Crippen molar-refractivity contribution in [1.29, 1.82) is 0 Å². The summed E-state index contributed by atoms with van der Waals surface area (Å²) in [7, 11) is 0. The van der Waals surface area contributed by atoms with Crippen molar-refractivity contribution in [2.75, 3.05) is 44.2 Å². The smallest absolute Gasteiger partial charge is 0.171 e. The quantitative estimate of drug-likeness (QED) is 0.445. The van der Waals surface area contributed by atoms with Gasteiger partial charge >= 0.3 is 0 Å². The lowest BCUT2D eigenvalue weighted by molar-refractivity contribution is 0.0622. The highest BCUT2D eigenvalue weighted by atomic mass is 16.6. The lowest BCUT2D eigenvalue weighted by Gasteiger charge is -2.31. The molecule has 4 heterocycles. The van der Waals surface area contributed by atoms with Crippen LogP contribution in [0.2, 0.25) is 0 Å². The molecule has 2 aliphatic heterocycles. The molecule has 6 nitrogen and oxygen atoms in total. The Bertz CT molecular complexity index is 1360. The van der Waals surface area contributed by atoms with Gasteiger partial charge in [0, 0.05) is 49.2 Å². The standard InChI is InChI=1S/C28H30N4O2/c1-19-16-27(30-24-7-4-3-6-22(19)24)32-13-5-12-31(14-15-32)17-21-18-33-26-11-10-25-23(28(26)34-21)9-8-20(2)29-25/h3-4,6-11,16,21H,5,12-15,17-18H2,1-2H3/t21-/m0/s1. The molecule has 4 aromatic rings. The van der Waals surface area contributed by atoms with E-state index in [0.29, 0.717) is 6.61 Å². The van der Waals surface area contributed by atoms with Crippen molar-refractivity contribution in [1.82, 2.24) is 14.9 Å². The summed E-state index contributed by atoms with van der Waals surface area (Å²) < 4.78 is 12.6. The predicted octanol–water partition coefficient (Wildman–Crippen LogP) is 4.75. The van der Waals surface area contributed by atoms with Crippen LogP contribution >= 0.6 is 0 Å². The lowest BCUT2D eigenvalue weighted by atomic mass is 10.1. The van der Waals surface area contributed by atoms with Gasteiger partial charge in [-0.1, -0.05) is 18.2 Å². The summed E-state index contributed by atoms with van der Waals surface area (Å²) in [5, 5.41) is 2.25. The molecule has 2 aromatic carbocycles. The van der Waals surface area contributed by atoms with Crippen LogP contribution in [0.25, 0.3) is 21.8 Å². The zero-order valence-electron chi connectivity index (χ0n) is 19.8. The van der Waals surface area contributed by atoms with E-state index in [1.807, 2.05) is 25.1 Å². The summed E-state index contributed by atoms with van der Waals surface area (Å²) in [5.41, 5.74) is 4.31. The second-order valence-electron chi connectivity index (χ2n) is 9.42. The highest BCUT2D eigenvalue weighted by molar-refractivity contribution is 5.88. The van der Waals surface area contributed by atoms with Crippen LogP contribution in [0.15, 0.2) is 54.6 Å². The van der Waals surface area contributed by atoms with Crippen molar-refractivity contribution in [2.24, 2.45) is 0 Å². The molecule has 2 aliphatic rings. The van der Waals surface area contributed by atoms with Crippen molar-refractivity contribution in [3.8, 4) is 11.5 Å². The average molecular weight is 455 g/mol. The van der Waals surface area contributed by atoms with Crippen LogP contribution in [0.1, 0.15) is 17.7 Å². The summed E-state index contributed by atoms with van der Waals surface area (Å²) in [6.45, 7) is 9.62. The number of aryl methyl sites for hydroxylation is 2. The third-order valence-corrected chi connectivity index (χ3v) is 6.92. The van der Waals surface area contributed by atoms with Crippen LogP contribution in [0.5, 0.6) is 11.5 Å². The van der Waals surface area contributed by atoms with Crippen LogP contribution in [-0.4, -0.2) is 60.3 Å². The zero-order valence-corrected chi connectivity index (χ0v) is 19.8. The summed E-state index contributed by atoms with van der Waals surface area (Å²) in [6.07, 6.45) is 1.11. The van der Waals surface area contributed by atoms with Gasteiger partial charge in [-0.2, -0.15) is 0 Å². The van der Waals surface area contributed by atoms with Crippen LogP contribution in [-0.2, 0) is 0 Å². The van der Waals surface area contributed by atoms with Crippen molar-refractivity contribution in [2.45, 2.75) is 26.4 Å². The van der Waals surface area contributed by atoms with E-state index in [4.69, 9.17) is 14.5 Å². The van der Waals surface area contributed by atoms with Crippen molar-refractivity contribution < 1.29 is 9.47 Å². The number of nitrogens with zero attached hydrogens (tertiary/aromatic N) is 4. The van der Waals surface area contributed by atoms with Gasteiger partial charge in [-0.05, 0) is 62.2 Å². The SMILES string of the molecule is Cc1ccc2c3c(ccc2n1)OC[C@H](CN1CCCN(c2cc(C)c4ccccc4n2)CC1)O3. The molecule has 6 rings (SSSR count). The summed E-state index contributed by atoms with van der Waals surface area (Å²) in [5.74, 6) is 2.72. The molecule has 1 fully saturated rings. The maximum Gasteiger partial charge on any atom is 0.171 e. The monoisotopic (exact) mass is 454 g/mol. The molecular formula is C28H30N4O2. The van der Waals surface area contributed by atoms with Gasteiger partial charge in [-0.15, -0.1) is 0 Å². The molecule has 0 aliphatic carbocycles. The molecule has 6 heteroatoms. The third kappa shape index (κ3) is 4.03. The molecule has 2 aromatic heterocycles. The molecule has 0 spiro atoms.